The van der Waals surface area contributed by atoms with E-state index in [0.29, 0.717) is 31.3 Å². The molecular weight excluding hydrogens is 595 g/mol. The molecule has 9 heteroatoms. The predicted octanol–water partition coefficient (Wildman–Crippen LogP) is 5.82. The zero-order valence-corrected chi connectivity index (χ0v) is 22.6. The molecule has 4 amide bonds. The summed E-state index contributed by atoms with van der Waals surface area (Å²) in [7, 11) is 1.50. The Balaban J connectivity index is 1.66. The number of hydrogen-bond acceptors (Lipinski definition) is 5. The molecule has 184 valence electrons. The van der Waals surface area contributed by atoms with Crippen LogP contribution in [0.15, 0.2) is 60.2 Å². The van der Waals surface area contributed by atoms with Crippen molar-refractivity contribution in [1.29, 1.82) is 0 Å². The molecule has 0 aromatic heterocycles. The molecule has 1 aliphatic heterocycles. The van der Waals surface area contributed by atoms with Crippen LogP contribution in [0.1, 0.15) is 22.3 Å². The third-order valence-electron chi connectivity index (χ3n) is 5.46. The molecule has 0 saturated carbocycles. The van der Waals surface area contributed by atoms with Crippen LogP contribution >= 0.6 is 34.2 Å². The molecule has 0 spiro atoms. The van der Waals surface area contributed by atoms with Crippen molar-refractivity contribution in [3.8, 4) is 11.5 Å². The molecule has 1 aliphatic rings. The zero-order valence-electron chi connectivity index (χ0n) is 19.7. The van der Waals surface area contributed by atoms with Crippen molar-refractivity contribution < 1.29 is 23.9 Å². The van der Waals surface area contributed by atoms with E-state index in [1.54, 1.807) is 30.3 Å². The molecular formula is C27H22ClIN2O5. The Bertz CT molecular complexity index is 1400. The highest BCUT2D eigenvalue weighted by molar-refractivity contribution is 14.1. The van der Waals surface area contributed by atoms with E-state index in [-0.39, 0.29) is 12.2 Å². The van der Waals surface area contributed by atoms with Crippen molar-refractivity contribution in [2.75, 3.05) is 12.0 Å². The lowest BCUT2D eigenvalue weighted by Crippen LogP contribution is -2.54. The lowest BCUT2D eigenvalue weighted by molar-refractivity contribution is -0.122. The monoisotopic (exact) mass is 616 g/mol. The highest BCUT2D eigenvalue weighted by atomic mass is 127. The highest BCUT2D eigenvalue weighted by Crippen LogP contribution is 2.36. The molecule has 0 unspecified atom stereocenters. The van der Waals surface area contributed by atoms with E-state index in [4.69, 9.17) is 21.1 Å². The number of rotatable bonds is 6. The van der Waals surface area contributed by atoms with E-state index in [9.17, 15) is 14.4 Å². The van der Waals surface area contributed by atoms with E-state index >= 15 is 0 Å². The van der Waals surface area contributed by atoms with Gasteiger partial charge in [-0.3, -0.25) is 14.9 Å². The van der Waals surface area contributed by atoms with Crippen LogP contribution in [0.5, 0.6) is 11.5 Å². The number of methoxy groups -OCH3 is 1. The zero-order chi connectivity index (χ0) is 26.0. The molecule has 3 aromatic rings. The number of nitrogens with one attached hydrogen (secondary N) is 1. The number of anilines is 1. The number of carbonyl (C=O) groups is 3. The maximum atomic E-state index is 13.3. The number of benzene rings is 3. The molecule has 0 aliphatic carbocycles. The number of halogens is 2. The van der Waals surface area contributed by atoms with Gasteiger partial charge in [-0.15, -0.1) is 0 Å². The first-order valence-corrected chi connectivity index (χ1v) is 12.4. The van der Waals surface area contributed by atoms with Gasteiger partial charge >= 0.3 is 6.03 Å². The molecule has 0 radical (unpaired) electrons. The number of imide groups is 2. The lowest BCUT2D eigenvalue weighted by Gasteiger charge is -2.27. The maximum absolute atomic E-state index is 13.3. The highest BCUT2D eigenvalue weighted by Gasteiger charge is 2.37. The Kier molecular flexibility index (Phi) is 7.65. The first-order valence-electron chi connectivity index (χ1n) is 10.9. The molecule has 7 nitrogen and oxygen atoms in total. The molecule has 1 heterocycles. The number of amides is 4. The van der Waals surface area contributed by atoms with Crippen LogP contribution < -0.4 is 19.7 Å². The van der Waals surface area contributed by atoms with Crippen LogP contribution in [0.25, 0.3) is 6.08 Å². The first-order chi connectivity index (χ1) is 17.2. The maximum Gasteiger partial charge on any atom is 0.335 e. The summed E-state index contributed by atoms with van der Waals surface area (Å²) in [5.41, 5.74) is 3.36. The summed E-state index contributed by atoms with van der Waals surface area (Å²) < 4.78 is 12.2. The molecule has 1 fully saturated rings. The van der Waals surface area contributed by atoms with Crippen LogP contribution in [0.3, 0.4) is 0 Å². The van der Waals surface area contributed by atoms with Gasteiger partial charge in [-0.2, -0.15) is 0 Å². The van der Waals surface area contributed by atoms with Gasteiger partial charge in [-0.1, -0.05) is 35.9 Å². The fourth-order valence-electron chi connectivity index (χ4n) is 3.87. The molecule has 1 saturated heterocycles. The number of aryl methyl sites for hydroxylation is 2. The fourth-order valence-corrected chi connectivity index (χ4v) is 4.84. The minimum Gasteiger partial charge on any atom is -0.493 e. The summed E-state index contributed by atoms with van der Waals surface area (Å²) in [6, 6.07) is 15.4. The summed E-state index contributed by atoms with van der Waals surface area (Å²) in [6.07, 6.45) is 1.43. The number of carbonyl (C=O) groups excluding carboxylic acids is 3. The van der Waals surface area contributed by atoms with Crippen molar-refractivity contribution in [3.05, 3.63) is 91.0 Å². The predicted molar refractivity (Wildman–Crippen MR) is 146 cm³/mol. The second kappa shape index (κ2) is 10.7. The Labute approximate surface area is 227 Å². The van der Waals surface area contributed by atoms with Crippen LogP contribution in [-0.2, 0) is 16.2 Å². The van der Waals surface area contributed by atoms with Crippen LogP contribution in [-0.4, -0.2) is 25.0 Å². The van der Waals surface area contributed by atoms with Gasteiger partial charge in [-0.05, 0) is 89.5 Å². The summed E-state index contributed by atoms with van der Waals surface area (Å²) in [6.45, 7) is 3.98. The average Bonchev–Trinajstić information content (AvgIpc) is 2.81. The topological polar surface area (TPSA) is 84.9 Å². The first kappa shape index (κ1) is 25.7. The number of hydrogen-bond donors (Lipinski definition) is 1. The minimum atomic E-state index is -0.789. The summed E-state index contributed by atoms with van der Waals surface area (Å²) in [5.74, 6) is -0.543. The minimum absolute atomic E-state index is 0.170. The second-order valence-electron chi connectivity index (χ2n) is 8.22. The quantitative estimate of drug-likeness (QED) is 0.215. The van der Waals surface area contributed by atoms with Gasteiger partial charge in [0.25, 0.3) is 11.8 Å². The van der Waals surface area contributed by atoms with Gasteiger partial charge in [-0.25, -0.2) is 9.69 Å². The van der Waals surface area contributed by atoms with Crippen LogP contribution in [0.2, 0.25) is 5.02 Å². The van der Waals surface area contributed by atoms with Gasteiger partial charge in [0.15, 0.2) is 11.5 Å². The van der Waals surface area contributed by atoms with Crippen molar-refractivity contribution in [3.63, 3.8) is 0 Å². The standard InChI is InChI=1S/C27H22ClIN2O5/c1-15-8-16(2)10-19(9-15)31-26(33)20(25(32)30-27(31)34)11-17-12-22(29)24(23(13-17)35-3)36-14-18-6-4-5-7-21(18)28/h4-13H,14H2,1-3H3,(H,30,32,34)/b20-11+. The third-order valence-corrected chi connectivity index (χ3v) is 6.63. The molecule has 0 bridgehead atoms. The molecule has 4 rings (SSSR count). The number of ether oxygens (including phenoxy) is 2. The Morgan fingerprint density at radius 2 is 1.72 bits per heavy atom. The van der Waals surface area contributed by atoms with Crippen molar-refractivity contribution >= 4 is 63.8 Å². The SMILES string of the molecule is COc1cc(/C=C2\C(=O)NC(=O)N(c3cc(C)cc(C)c3)C2=O)cc(I)c1OCc1ccccc1Cl. The summed E-state index contributed by atoms with van der Waals surface area (Å²) in [5, 5.41) is 2.85. The van der Waals surface area contributed by atoms with E-state index in [2.05, 4.69) is 27.9 Å². The number of urea groups is 1. The lowest BCUT2D eigenvalue weighted by atomic mass is 10.0. The number of nitrogens with zero attached hydrogens (tertiary/aromatic N) is 1. The average molecular weight is 617 g/mol. The van der Waals surface area contributed by atoms with Gasteiger partial charge < -0.3 is 9.47 Å². The Morgan fingerprint density at radius 1 is 1.03 bits per heavy atom. The van der Waals surface area contributed by atoms with Crippen molar-refractivity contribution in [2.24, 2.45) is 0 Å². The number of barbiturate groups is 1. The van der Waals surface area contributed by atoms with Crippen LogP contribution in [0, 0.1) is 17.4 Å². The van der Waals surface area contributed by atoms with Gasteiger partial charge in [0.2, 0.25) is 0 Å². The van der Waals surface area contributed by atoms with Crippen LogP contribution in [0.4, 0.5) is 10.5 Å². The smallest absolute Gasteiger partial charge is 0.335 e. The van der Waals surface area contributed by atoms with Gasteiger partial charge in [0.05, 0.1) is 16.4 Å². The summed E-state index contributed by atoms with van der Waals surface area (Å²) >= 11 is 8.33. The molecule has 36 heavy (non-hydrogen) atoms. The van der Waals surface area contributed by atoms with E-state index in [0.717, 1.165) is 21.6 Å². The molecule has 0 atom stereocenters. The molecule has 3 aromatic carbocycles. The second-order valence-corrected chi connectivity index (χ2v) is 9.79. The van der Waals surface area contributed by atoms with E-state index in [1.807, 2.05) is 38.1 Å². The van der Waals surface area contributed by atoms with Gasteiger partial charge in [0.1, 0.15) is 12.2 Å². The third kappa shape index (κ3) is 5.39. The Hall–Kier alpha value is -3.37. The normalized spacial score (nSPS) is 14.8. The van der Waals surface area contributed by atoms with Crippen molar-refractivity contribution in [2.45, 2.75) is 20.5 Å². The van der Waals surface area contributed by atoms with Crippen molar-refractivity contribution in [1.82, 2.24) is 5.32 Å². The largest absolute Gasteiger partial charge is 0.493 e. The molecule has 1 N–H and O–H groups in total. The van der Waals surface area contributed by atoms with E-state index < -0.39 is 17.8 Å². The Morgan fingerprint density at radius 3 is 2.39 bits per heavy atom. The fraction of sp³-hybridized carbons (Fsp3) is 0.148. The van der Waals surface area contributed by atoms with E-state index in [1.165, 1.54) is 13.2 Å². The summed E-state index contributed by atoms with van der Waals surface area (Å²) in [4.78, 5) is 39.4. The van der Waals surface area contributed by atoms with Gasteiger partial charge in [0, 0.05) is 10.6 Å².